The first-order valence-corrected chi connectivity index (χ1v) is 12.7. The van der Waals surface area contributed by atoms with Gasteiger partial charge >= 0.3 is 11.9 Å². The number of carboxylic acid groups (broad SMARTS) is 1. The lowest BCUT2D eigenvalue weighted by Gasteiger charge is -2.09. The minimum Gasteiger partial charge on any atom is -0.491 e. The molecule has 12 heteroatoms. The number of hydrogen-bond donors (Lipinski definition) is 2. The molecule has 0 unspecified atom stereocenters. The number of ether oxygens (including phenoxy) is 7. The van der Waals surface area contributed by atoms with Gasteiger partial charge in [0, 0.05) is 25.5 Å². The Kier molecular flexibility index (Phi) is 20.4. The Hall–Kier alpha value is -2.77. The summed E-state index contributed by atoms with van der Waals surface area (Å²) in [4.78, 5) is 32.8. The lowest BCUT2D eigenvalue weighted by Crippen LogP contribution is -2.15. The molecule has 0 fully saturated rings. The van der Waals surface area contributed by atoms with E-state index in [9.17, 15) is 14.4 Å². The highest BCUT2D eigenvalue weighted by atomic mass is 16.6. The van der Waals surface area contributed by atoms with Crippen LogP contribution in [0.4, 0.5) is 5.69 Å². The molecule has 0 aromatic heterocycles. The Morgan fingerprint density at radius 1 is 0.658 bits per heavy atom. The van der Waals surface area contributed by atoms with Crippen molar-refractivity contribution in [3.05, 3.63) is 24.3 Å². The van der Waals surface area contributed by atoms with Gasteiger partial charge in [-0.2, -0.15) is 0 Å². The highest BCUT2D eigenvalue weighted by Crippen LogP contribution is 2.15. The van der Waals surface area contributed by atoms with Crippen LogP contribution in [0.1, 0.15) is 32.6 Å². The second kappa shape index (κ2) is 23.4. The fourth-order valence-electron chi connectivity index (χ4n) is 2.87. The number of rotatable bonds is 25. The Balaban J connectivity index is 1.75. The standard InChI is InChI=1S/C26H41NO11/c1-22(28)27-23-6-8-24(9-7-23)37-20-18-35-16-14-33-12-10-32-11-13-34-15-17-36-19-21-38-26(31)5-3-2-4-25(29)30/h6-9H,2-5,10-21H2,1H3,(H,27,28)(H,29,30). The van der Waals surface area contributed by atoms with Gasteiger partial charge in [-0.3, -0.25) is 14.4 Å². The summed E-state index contributed by atoms with van der Waals surface area (Å²) in [6.45, 7) is 6.27. The first kappa shape index (κ1) is 33.3. The molecule has 0 aliphatic rings. The lowest BCUT2D eigenvalue weighted by atomic mass is 10.2. The summed E-state index contributed by atoms with van der Waals surface area (Å²) in [5, 5.41) is 11.2. The minimum absolute atomic E-state index is 0.0596. The summed E-state index contributed by atoms with van der Waals surface area (Å²) in [6.07, 6.45) is 1.23. The fourth-order valence-corrected chi connectivity index (χ4v) is 2.87. The molecule has 1 rings (SSSR count). The van der Waals surface area contributed by atoms with Crippen molar-refractivity contribution < 1.29 is 52.6 Å². The summed E-state index contributed by atoms with van der Waals surface area (Å²) in [7, 11) is 0. The van der Waals surface area contributed by atoms with E-state index in [1.165, 1.54) is 6.92 Å². The number of nitrogens with one attached hydrogen (secondary N) is 1. The second-order valence-electron chi connectivity index (χ2n) is 7.94. The molecule has 0 radical (unpaired) electrons. The van der Waals surface area contributed by atoms with Crippen molar-refractivity contribution in [3.8, 4) is 5.75 Å². The van der Waals surface area contributed by atoms with Crippen molar-refractivity contribution >= 4 is 23.5 Å². The normalized spacial score (nSPS) is 10.8. The predicted octanol–water partition coefficient (Wildman–Crippen LogP) is 2.30. The van der Waals surface area contributed by atoms with E-state index in [0.717, 1.165) is 5.69 Å². The highest BCUT2D eigenvalue weighted by molar-refractivity contribution is 5.88. The number of carbonyl (C=O) groups excluding carboxylic acids is 2. The molecule has 0 atom stereocenters. The maximum atomic E-state index is 11.4. The highest BCUT2D eigenvalue weighted by Gasteiger charge is 2.04. The van der Waals surface area contributed by atoms with Crippen LogP contribution in [0.3, 0.4) is 0 Å². The number of anilines is 1. The van der Waals surface area contributed by atoms with Crippen molar-refractivity contribution in [1.82, 2.24) is 0 Å². The first-order chi connectivity index (χ1) is 18.5. The third kappa shape index (κ3) is 21.3. The summed E-state index contributed by atoms with van der Waals surface area (Å²) in [6, 6.07) is 7.12. The zero-order chi connectivity index (χ0) is 27.7. The molecule has 1 amide bonds. The Morgan fingerprint density at radius 3 is 1.58 bits per heavy atom. The van der Waals surface area contributed by atoms with Crippen LogP contribution in [-0.2, 0) is 42.8 Å². The molecule has 0 heterocycles. The van der Waals surface area contributed by atoms with E-state index in [4.69, 9.17) is 38.3 Å². The molecule has 0 saturated heterocycles. The van der Waals surface area contributed by atoms with E-state index in [1.807, 2.05) is 0 Å². The van der Waals surface area contributed by atoms with E-state index in [0.29, 0.717) is 84.7 Å². The fraction of sp³-hybridized carbons (Fsp3) is 0.654. The van der Waals surface area contributed by atoms with Gasteiger partial charge in [-0.25, -0.2) is 0 Å². The monoisotopic (exact) mass is 543 g/mol. The van der Waals surface area contributed by atoms with Gasteiger partial charge in [0.15, 0.2) is 0 Å². The van der Waals surface area contributed by atoms with Gasteiger partial charge < -0.3 is 43.6 Å². The predicted molar refractivity (Wildman–Crippen MR) is 137 cm³/mol. The van der Waals surface area contributed by atoms with Crippen LogP contribution in [0.5, 0.6) is 5.75 Å². The SMILES string of the molecule is CC(=O)Nc1ccc(OCCOCCOCCOCCOCCOCCOC(=O)CCCCC(=O)O)cc1. The maximum Gasteiger partial charge on any atom is 0.305 e. The van der Waals surface area contributed by atoms with Gasteiger partial charge in [0.2, 0.25) is 5.91 Å². The van der Waals surface area contributed by atoms with E-state index in [1.54, 1.807) is 24.3 Å². The van der Waals surface area contributed by atoms with E-state index >= 15 is 0 Å². The Bertz CT molecular complexity index is 758. The third-order valence-corrected chi connectivity index (χ3v) is 4.67. The van der Waals surface area contributed by atoms with Crippen LogP contribution in [0, 0.1) is 0 Å². The topological polar surface area (TPSA) is 148 Å². The quantitative estimate of drug-likeness (QED) is 0.138. The zero-order valence-corrected chi connectivity index (χ0v) is 22.2. The van der Waals surface area contributed by atoms with Crippen LogP contribution < -0.4 is 10.1 Å². The molecule has 0 aliphatic heterocycles. The Morgan fingerprint density at radius 2 is 1.11 bits per heavy atom. The van der Waals surface area contributed by atoms with Gasteiger partial charge in [-0.15, -0.1) is 0 Å². The van der Waals surface area contributed by atoms with Gasteiger partial charge in [0.05, 0.1) is 66.1 Å². The molecule has 38 heavy (non-hydrogen) atoms. The molecule has 216 valence electrons. The van der Waals surface area contributed by atoms with Crippen LogP contribution in [0.2, 0.25) is 0 Å². The summed E-state index contributed by atoms with van der Waals surface area (Å²) >= 11 is 0. The van der Waals surface area contributed by atoms with Crippen molar-refractivity contribution in [2.24, 2.45) is 0 Å². The third-order valence-electron chi connectivity index (χ3n) is 4.67. The summed E-state index contributed by atoms with van der Waals surface area (Å²) in [5.74, 6) is -0.627. The number of esters is 1. The number of carbonyl (C=O) groups is 3. The molecule has 1 aromatic rings. The molecule has 0 aliphatic carbocycles. The maximum absolute atomic E-state index is 11.4. The van der Waals surface area contributed by atoms with Gasteiger partial charge in [0.1, 0.15) is 19.0 Å². The Labute approximate surface area is 223 Å². The van der Waals surface area contributed by atoms with Crippen molar-refractivity contribution in [2.75, 3.05) is 84.6 Å². The number of unbranched alkanes of at least 4 members (excludes halogenated alkanes) is 1. The van der Waals surface area contributed by atoms with Crippen molar-refractivity contribution in [1.29, 1.82) is 0 Å². The molecular formula is C26H41NO11. The molecular weight excluding hydrogens is 502 g/mol. The van der Waals surface area contributed by atoms with Crippen LogP contribution >= 0.6 is 0 Å². The number of benzene rings is 1. The van der Waals surface area contributed by atoms with Crippen molar-refractivity contribution in [2.45, 2.75) is 32.6 Å². The molecule has 2 N–H and O–H groups in total. The summed E-state index contributed by atoms with van der Waals surface area (Å²) in [5.41, 5.74) is 0.721. The van der Waals surface area contributed by atoms with Gasteiger partial charge in [-0.1, -0.05) is 0 Å². The molecule has 0 bridgehead atoms. The van der Waals surface area contributed by atoms with Gasteiger partial charge in [0.25, 0.3) is 0 Å². The lowest BCUT2D eigenvalue weighted by molar-refractivity contribution is -0.146. The van der Waals surface area contributed by atoms with E-state index in [2.05, 4.69) is 5.32 Å². The smallest absolute Gasteiger partial charge is 0.305 e. The zero-order valence-electron chi connectivity index (χ0n) is 22.2. The van der Waals surface area contributed by atoms with E-state index < -0.39 is 5.97 Å². The van der Waals surface area contributed by atoms with Crippen LogP contribution in [0.25, 0.3) is 0 Å². The van der Waals surface area contributed by atoms with E-state index in [-0.39, 0.29) is 37.9 Å². The summed E-state index contributed by atoms with van der Waals surface area (Å²) < 4.78 is 37.6. The minimum atomic E-state index is -0.864. The largest absolute Gasteiger partial charge is 0.491 e. The number of carboxylic acids is 1. The van der Waals surface area contributed by atoms with Gasteiger partial charge in [-0.05, 0) is 37.1 Å². The van der Waals surface area contributed by atoms with Crippen LogP contribution in [-0.4, -0.2) is 102 Å². The first-order valence-electron chi connectivity index (χ1n) is 12.7. The average Bonchev–Trinajstić information content (AvgIpc) is 2.88. The molecule has 0 spiro atoms. The molecule has 12 nitrogen and oxygen atoms in total. The average molecular weight is 544 g/mol. The second-order valence-corrected chi connectivity index (χ2v) is 7.94. The number of amides is 1. The molecule has 1 aromatic carbocycles. The van der Waals surface area contributed by atoms with Crippen molar-refractivity contribution in [3.63, 3.8) is 0 Å². The number of aliphatic carboxylic acids is 1. The van der Waals surface area contributed by atoms with Crippen LogP contribution in [0.15, 0.2) is 24.3 Å². The molecule has 0 saturated carbocycles. The number of hydrogen-bond acceptors (Lipinski definition) is 10.